The van der Waals surface area contributed by atoms with E-state index in [1.54, 1.807) is 0 Å². The summed E-state index contributed by atoms with van der Waals surface area (Å²) in [5.74, 6) is -1.04. The third kappa shape index (κ3) is 4.31. The summed E-state index contributed by atoms with van der Waals surface area (Å²) in [6.45, 7) is 6.09. The number of carbonyl (C=O) groups is 3. The van der Waals surface area contributed by atoms with Crippen molar-refractivity contribution in [2.45, 2.75) is 43.9 Å². The summed E-state index contributed by atoms with van der Waals surface area (Å²) in [6, 6.07) is 21.2. The van der Waals surface area contributed by atoms with Crippen LogP contribution in [-0.2, 0) is 16.2 Å². The monoisotopic (exact) mass is 548 g/mol. The number of hydrogen-bond acceptors (Lipinski definition) is 6. The van der Waals surface area contributed by atoms with Crippen LogP contribution in [0, 0.1) is 12.8 Å². The summed E-state index contributed by atoms with van der Waals surface area (Å²) in [5, 5.41) is 6.59. The second-order valence-corrected chi connectivity index (χ2v) is 11.2. The van der Waals surface area contributed by atoms with Gasteiger partial charge in [-0.2, -0.15) is 0 Å². The van der Waals surface area contributed by atoms with Crippen molar-refractivity contribution in [3.63, 3.8) is 0 Å². The summed E-state index contributed by atoms with van der Waals surface area (Å²) >= 11 is 1.53. The maximum absolute atomic E-state index is 13.9. The van der Waals surface area contributed by atoms with E-state index in [2.05, 4.69) is 28.8 Å². The van der Waals surface area contributed by atoms with E-state index in [4.69, 9.17) is 4.84 Å². The zero-order valence-corrected chi connectivity index (χ0v) is 23.3. The molecule has 1 aliphatic carbocycles. The molecule has 4 aromatic rings. The van der Waals surface area contributed by atoms with E-state index in [1.807, 2.05) is 73.7 Å². The van der Waals surface area contributed by atoms with Gasteiger partial charge in [0.15, 0.2) is 5.78 Å². The average Bonchev–Trinajstić information content (AvgIpc) is 3.30. The molecule has 3 aromatic carbocycles. The van der Waals surface area contributed by atoms with E-state index in [1.165, 1.54) is 18.7 Å². The first-order chi connectivity index (χ1) is 19.4. The predicted molar refractivity (Wildman–Crippen MR) is 158 cm³/mol. The van der Waals surface area contributed by atoms with Gasteiger partial charge in [0.25, 0.3) is 0 Å². The van der Waals surface area contributed by atoms with E-state index >= 15 is 0 Å². The fraction of sp³-hybridized carbons (Fsp3) is 0.212. The fourth-order valence-electron chi connectivity index (χ4n) is 5.72. The highest BCUT2D eigenvalue weighted by atomic mass is 32.2. The third-order valence-corrected chi connectivity index (χ3v) is 8.99. The zero-order valence-electron chi connectivity index (χ0n) is 22.5. The number of rotatable bonds is 5. The van der Waals surface area contributed by atoms with Gasteiger partial charge in [-0.3, -0.25) is 9.59 Å². The lowest BCUT2D eigenvalue weighted by Crippen LogP contribution is -2.34. The van der Waals surface area contributed by atoms with E-state index in [0.717, 1.165) is 49.6 Å². The Hall–Kier alpha value is -4.23. The van der Waals surface area contributed by atoms with Gasteiger partial charge in [0.2, 0.25) is 5.78 Å². The molecule has 40 heavy (non-hydrogen) atoms. The molecule has 6 nitrogen and oxygen atoms in total. The second-order valence-electron chi connectivity index (χ2n) is 10.1. The van der Waals surface area contributed by atoms with Crippen molar-refractivity contribution in [2.24, 2.45) is 11.1 Å². The fourth-order valence-corrected chi connectivity index (χ4v) is 7.13. The average molecular weight is 549 g/mol. The van der Waals surface area contributed by atoms with Crippen LogP contribution in [0.3, 0.4) is 0 Å². The van der Waals surface area contributed by atoms with Gasteiger partial charge in [-0.1, -0.05) is 71.9 Å². The lowest BCUT2D eigenvalue weighted by atomic mass is 9.89. The molecular weight excluding hydrogens is 520 g/mol. The first-order valence-corrected chi connectivity index (χ1v) is 14.3. The first-order valence-electron chi connectivity index (χ1n) is 13.4. The van der Waals surface area contributed by atoms with Crippen LogP contribution in [0.1, 0.15) is 57.4 Å². The van der Waals surface area contributed by atoms with Gasteiger partial charge >= 0.3 is 5.97 Å². The van der Waals surface area contributed by atoms with Crippen LogP contribution in [0.25, 0.3) is 23.1 Å². The smallest absolute Gasteiger partial charge is 0.331 e. The number of Topliss-reactive ketones (excluding diaryl/α,β-unsaturated/α-hetero) is 2. The highest BCUT2D eigenvalue weighted by Gasteiger charge is 2.37. The Bertz CT molecular complexity index is 1850. The van der Waals surface area contributed by atoms with Crippen molar-refractivity contribution >= 4 is 58.1 Å². The Balaban J connectivity index is 1.57. The normalized spacial score (nSPS) is 19.0. The Morgan fingerprint density at radius 2 is 1.80 bits per heavy atom. The summed E-state index contributed by atoms with van der Waals surface area (Å²) in [4.78, 5) is 44.9. The largest absolute Gasteiger partial charge is 0.341 e. The number of nitrogens with zero attached hydrogens (tertiary/aromatic N) is 2. The minimum absolute atomic E-state index is 0.101. The number of thioether (sulfide) groups is 1. The second kappa shape index (κ2) is 10.4. The Labute approximate surface area is 236 Å². The van der Waals surface area contributed by atoms with Crippen LogP contribution in [0.5, 0.6) is 0 Å². The standard InChI is InChI=1S/C33H28N2O4S/c1-4-35-26-16-14-22(30(37)23-13-9-8-10-19(23)2)18-25(26)28-27(35)17-15-24-31(38)29(34-39-20(3)36)32(40-33(24)28)21-11-6-5-7-12-21/h5-13,15-18,22,32H,4,14H2,1-3H3/b34-29+. The molecule has 2 atom stereocenters. The number of aromatic nitrogens is 1. The Kier molecular flexibility index (Phi) is 6.76. The molecule has 200 valence electrons. The van der Waals surface area contributed by atoms with Gasteiger partial charge in [-0.05, 0) is 43.5 Å². The number of ketones is 2. The molecule has 0 bridgehead atoms. The van der Waals surface area contributed by atoms with Crippen LogP contribution in [0.4, 0.5) is 0 Å². The molecule has 0 radical (unpaired) electrons. The number of oxime groups is 1. The molecule has 2 aliphatic rings. The molecule has 2 heterocycles. The highest BCUT2D eigenvalue weighted by Crippen LogP contribution is 2.45. The van der Waals surface area contributed by atoms with Gasteiger partial charge < -0.3 is 9.40 Å². The maximum atomic E-state index is 13.9. The quantitative estimate of drug-likeness (QED) is 0.190. The zero-order chi connectivity index (χ0) is 28.0. The number of hydrogen-bond donors (Lipinski definition) is 0. The first kappa shape index (κ1) is 26.0. The summed E-state index contributed by atoms with van der Waals surface area (Å²) in [7, 11) is 0. The van der Waals surface area contributed by atoms with Gasteiger partial charge in [0.1, 0.15) is 5.71 Å². The van der Waals surface area contributed by atoms with Crippen LogP contribution in [0.15, 0.2) is 76.8 Å². The minimum Gasteiger partial charge on any atom is -0.341 e. The van der Waals surface area contributed by atoms with Crippen molar-refractivity contribution in [2.75, 3.05) is 0 Å². The van der Waals surface area contributed by atoms with Crippen LogP contribution in [-0.4, -0.2) is 27.8 Å². The van der Waals surface area contributed by atoms with Crippen molar-refractivity contribution in [1.29, 1.82) is 0 Å². The summed E-state index contributed by atoms with van der Waals surface area (Å²) in [5.41, 5.74) is 4.32. The van der Waals surface area contributed by atoms with E-state index in [9.17, 15) is 14.4 Å². The van der Waals surface area contributed by atoms with Crippen LogP contribution >= 0.6 is 11.8 Å². The van der Waals surface area contributed by atoms with Crippen molar-refractivity contribution in [3.8, 4) is 0 Å². The Morgan fingerprint density at radius 1 is 1.05 bits per heavy atom. The van der Waals surface area contributed by atoms with Crippen LogP contribution in [0.2, 0.25) is 0 Å². The molecule has 7 heteroatoms. The molecule has 0 saturated carbocycles. The molecule has 0 fully saturated rings. The lowest BCUT2D eigenvalue weighted by Gasteiger charge is -2.25. The summed E-state index contributed by atoms with van der Waals surface area (Å²) in [6.07, 6.45) is 4.87. The number of benzene rings is 3. The molecule has 0 N–H and O–H groups in total. The maximum Gasteiger partial charge on any atom is 0.331 e. The van der Waals surface area contributed by atoms with E-state index in [-0.39, 0.29) is 23.2 Å². The van der Waals surface area contributed by atoms with Crippen molar-refractivity contribution in [3.05, 3.63) is 99.6 Å². The number of fused-ring (bicyclic) bond motifs is 5. The van der Waals surface area contributed by atoms with E-state index < -0.39 is 11.2 Å². The lowest BCUT2D eigenvalue weighted by molar-refractivity contribution is -0.140. The van der Waals surface area contributed by atoms with Crippen molar-refractivity contribution in [1.82, 2.24) is 4.57 Å². The number of aryl methyl sites for hydroxylation is 2. The van der Waals surface area contributed by atoms with Gasteiger partial charge in [0, 0.05) is 51.4 Å². The molecule has 0 saturated heterocycles. The topological polar surface area (TPSA) is 77.7 Å². The highest BCUT2D eigenvalue weighted by molar-refractivity contribution is 8.00. The van der Waals surface area contributed by atoms with E-state index in [0.29, 0.717) is 12.0 Å². The third-order valence-electron chi connectivity index (χ3n) is 7.60. The molecule has 6 rings (SSSR count). The molecule has 0 amide bonds. The molecular formula is C33H28N2O4S. The van der Waals surface area contributed by atoms with Crippen molar-refractivity contribution < 1.29 is 19.2 Å². The molecule has 2 unspecified atom stereocenters. The molecule has 1 aliphatic heterocycles. The summed E-state index contributed by atoms with van der Waals surface area (Å²) < 4.78 is 2.25. The SMILES string of the molecule is CCn1c2c(c3c4c(ccc31)C(=O)/C(=N\OC(C)=O)C(c1ccccc1)S4)=CC(C(=O)c1ccccc1C)CC=2. The Morgan fingerprint density at radius 3 is 2.52 bits per heavy atom. The number of carbonyl (C=O) groups excluding carboxylic acids is 3. The molecule has 0 spiro atoms. The molecule has 1 aromatic heterocycles. The van der Waals surface area contributed by atoms with Gasteiger partial charge in [-0.25, -0.2) is 4.79 Å². The minimum atomic E-state index is -0.582. The van der Waals surface area contributed by atoms with Crippen LogP contribution < -0.4 is 10.6 Å². The van der Waals surface area contributed by atoms with Gasteiger partial charge in [-0.15, -0.1) is 11.8 Å². The van der Waals surface area contributed by atoms with Gasteiger partial charge in [0.05, 0.1) is 10.8 Å². The predicted octanol–water partition coefficient (Wildman–Crippen LogP) is 5.38.